The Hall–Kier alpha value is -1.54. The minimum Gasteiger partial charge on any atom is -0.387 e. The Morgan fingerprint density at radius 3 is 1.23 bits per heavy atom. The lowest BCUT2D eigenvalue weighted by Gasteiger charge is -2.25. The molecule has 0 aromatic heterocycles. The first-order valence-electron chi connectivity index (χ1n) is 30.0. The Kier molecular flexibility index (Phi) is 51.2. The van der Waals surface area contributed by atoms with Crippen molar-refractivity contribution in [3.05, 3.63) is 48.6 Å². The molecule has 0 fully saturated rings. The molecule has 0 spiro atoms. The number of hydrogen-bond donors (Lipinski definition) is 3. The number of carbonyl (C=O) groups is 1. The van der Waals surface area contributed by atoms with Gasteiger partial charge in [0.05, 0.1) is 39.9 Å². The van der Waals surface area contributed by atoms with Gasteiger partial charge in [0.15, 0.2) is 0 Å². The Labute approximate surface area is 435 Å². The number of nitrogens with zero attached hydrogens (tertiary/aromatic N) is 1. The molecule has 0 aliphatic heterocycles. The van der Waals surface area contributed by atoms with Crippen LogP contribution in [0.15, 0.2) is 48.6 Å². The van der Waals surface area contributed by atoms with Crippen molar-refractivity contribution >= 4 is 13.7 Å². The molecule has 0 radical (unpaired) electrons. The first kappa shape index (κ1) is 68.5. The number of quaternary nitrogens is 1. The van der Waals surface area contributed by atoms with Gasteiger partial charge in [0.25, 0.3) is 0 Å². The maximum atomic E-state index is 12.9. The summed E-state index contributed by atoms with van der Waals surface area (Å²) < 4.78 is 23.5. The Morgan fingerprint density at radius 1 is 0.500 bits per heavy atom. The second kappa shape index (κ2) is 52.3. The van der Waals surface area contributed by atoms with Crippen LogP contribution in [-0.2, 0) is 18.4 Å². The number of nitrogens with one attached hydrogen (secondary N) is 1. The summed E-state index contributed by atoms with van der Waals surface area (Å²) in [7, 11) is 1.55. The van der Waals surface area contributed by atoms with Crippen LogP contribution < -0.4 is 5.32 Å². The van der Waals surface area contributed by atoms with Crippen molar-refractivity contribution in [2.24, 2.45) is 0 Å². The van der Waals surface area contributed by atoms with Gasteiger partial charge < -0.3 is 19.8 Å². The Morgan fingerprint density at radius 2 is 0.843 bits per heavy atom. The van der Waals surface area contributed by atoms with Crippen LogP contribution in [0.3, 0.4) is 0 Å². The summed E-state index contributed by atoms with van der Waals surface area (Å²) in [4.78, 5) is 23.1. The van der Waals surface area contributed by atoms with Crippen LogP contribution in [0.1, 0.15) is 284 Å². The Balaban J connectivity index is 3.80. The van der Waals surface area contributed by atoms with E-state index < -0.39 is 20.0 Å². The van der Waals surface area contributed by atoms with Crippen LogP contribution in [0.5, 0.6) is 0 Å². The minimum absolute atomic E-state index is 0.0531. The van der Waals surface area contributed by atoms with Crippen molar-refractivity contribution in [3.8, 4) is 0 Å². The highest BCUT2D eigenvalue weighted by molar-refractivity contribution is 7.47. The van der Waals surface area contributed by atoms with E-state index in [1.54, 1.807) is 6.08 Å². The highest BCUT2D eigenvalue weighted by atomic mass is 31.2. The monoisotopic (exact) mass is 1010 g/mol. The summed E-state index contributed by atoms with van der Waals surface area (Å²) in [5.41, 5.74) is 0. The van der Waals surface area contributed by atoms with E-state index in [1.807, 2.05) is 34.1 Å². The van der Waals surface area contributed by atoms with Crippen molar-refractivity contribution in [2.75, 3.05) is 40.9 Å². The lowest BCUT2D eigenvalue weighted by atomic mass is 10.0. The number of aliphatic hydroxyl groups excluding tert-OH is 1. The first-order valence-corrected chi connectivity index (χ1v) is 31.5. The number of unbranched alkanes of at least 4 members (excludes halogenated alkanes) is 37. The molecule has 0 aromatic rings. The molecule has 0 heterocycles. The number of rotatable bonds is 55. The summed E-state index contributed by atoms with van der Waals surface area (Å²) in [5.74, 6) is -0.192. The van der Waals surface area contributed by atoms with Gasteiger partial charge in [-0.2, -0.15) is 0 Å². The van der Waals surface area contributed by atoms with Crippen molar-refractivity contribution in [3.63, 3.8) is 0 Å². The summed E-state index contributed by atoms with van der Waals surface area (Å²) in [6, 6.07) is -0.867. The van der Waals surface area contributed by atoms with Crippen LogP contribution in [0.25, 0.3) is 0 Å². The van der Waals surface area contributed by atoms with Gasteiger partial charge in [0.2, 0.25) is 5.91 Å². The fraction of sp³-hybridized carbons (Fsp3) is 0.852. The molecule has 0 saturated heterocycles. The molecule has 0 aliphatic rings. The second-order valence-electron chi connectivity index (χ2n) is 21.7. The maximum Gasteiger partial charge on any atom is 0.472 e. The van der Waals surface area contributed by atoms with E-state index in [9.17, 15) is 19.4 Å². The van der Waals surface area contributed by atoms with Crippen molar-refractivity contribution in [2.45, 2.75) is 296 Å². The van der Waals surface area contributed by atoms with Crippen LogP contribution in [0, 0.1) is 0 Å². The van der Waals surface area contributed by atoms with E-state index in [4.69, 9.17) is 9.05 Å². The van der Waals surface area contributed by atoms with E-state index in [0.717, 1.165) is 44.9 Å². The molecule has 0 aliphatic carbocycles. The van der Waals surface area contributed by atoms with Crippen LogP contribution >= 0.6 is 7.82 Å². The standard InChI is InChI=1S/C61H117N2O6P/c1-6-8-10-12-14-16-17-18-19-20-21-22-23-24-25-26-27-28-29-30-31-32-33-34-35-36-37-38-39-40-41-42-43-44-45-47-49-51-53-55-61(65)62-59(58-69-70(66,67)68-57-56-63(3,4)5)60(64)54-52-50-48-46-15-13-11-9-7-2/h7,9,15,30-31,46,52,54,59-60,64H,6,8,10-14,16-29,32-45,47-51,53,55-58H2,1-5H3,(H-,62,65,66,67)/p+1/b9-7+,31-30-,46-15+,54-52+. The lowest BCUT2D eigenvalue weighted by Crippen LogP contribution is -2.45. The van der Waals surface area contributed by atoms with Crippen LogP contribution in [-0.4, -0.2) is 73.4 Å². The normalized spacial score (nSPS) is 14.2. The quantitative estimate of drug-likeness (QED) is 0.0243. The molecule has 3 atom stereocenters. The second-order valence-corrected chi connectivity index (χ2v) is 23.2. The SMILES string of the molecule is C/C=C/CC/C=C/CC/C=C/C(O)C(COP(=O)(O)OCC[N+](C)(C)C)NC(=O)CCCCCCCCCCCCCCCCCCC/C=C\CCCCCCCCCCCCCCCCCCCC. The molecule has 0 aromatic carbocycles. The van der Waals surface area contributed by atoms with E-state index in [-0.39, 0.29) is 19.1 Å². The predicted octanol–water partition coefficient (Wildman–Crippen LogP) is 18.3. The van der Waals surface area contributed by atoms with Gasteiger partial charge in [-0.15, -0.1) is 0 Å². The largest absolute Gasteiger partial charge is 0.472 e. The minimum atomic E-state index is -4.35. The highest BCUT2D eigenvalue weighted by Crippen LogP contribution is 2.43. The average Bonchev–Trinajstić information content (AvgIpc) is 3.32. The van der Waals surface area contributed by atoms with Gasteiger partial charge >= 0.3 is 7.82 Å². The third-order valence-electron chi connectivity index (χ3n) is 13.6. The Bertz CT molecular complexity index is 1280. The van der Waals surface area contributed by atoms with E-state index in [2.05, 4.69) is 48.7 Å². The molecule has 8 nitrogen and oxygen atoms in total. The molecule has 3 N–H and O–H groups in total. The summed E-state index contributed by atoms with van der Waals surface area (Å²) in [6.45, 7) is 4.57. The average molecular weight is 1010 g/mol. The molecule has 9 heteroatoms. The molecule has 70 heavy (non-hydrogen) atoms. The molecular formula is C61H118N2O6P+. The third kappa shape index (κ3) is 54.2. The van der Waals surface area contributed by atoms with Gasteiger partial charge in [-0.25, -0.2) is 4.57 Å². The number of allylic oxidation sites excluding steroid dienone is 7. The first-order chi connectivity index (χ1) is 34.0. The lowest BCUT2D eigenvalue weighted by molar-refractivity contribution is -0.870. The van der Waals surface area contributed by atoms with Crippen molar-refractivity contribution in [1.29, 1.82) is 0 Å². The molecule has 0 bridgehead atoms. The number of likely N-dealkylation sites (N-methyl/N-ethyl adjacent to an activating group) is 1. The number of aliphatic hydroxyl groups is 1. The summed E-state index contributed by atoms with van der Waals surface area (Å²) >= 11 is 0. The van der Waals surface area contributed by atoms with Crippen LogP contribution in [0.4, 0.5) is 0 Å². The summed E-state index contributed by atoms with van der Waals surface area (Å²) in [6.07, 6.45) is 70.1. The van der Waals surface area contributed by atoms with Gasteiger partial charge in [0, 0.05) is 6.42 Å². The predicted molar refractivity (Wildman–Crippen MR) is 304 cm³/mol. The number of hydrogen-bond acceptors (Lipinski definition) is 5. The highest BCUT2D eigenvalue weighted by Gasteiger charge is 2.27. The fourth-order valence-corrected chi connectivity index (χ4v) is 9.64. The molecule has 1 amide bonds. The van der Waals surface area contributed by atoms with Gasteiger partial charge in [0.1, 0.15) is 13.2 Å². The third-order valence-corrected chi connectivity index (χ3v) is 14.6. The number of phosphoric acid groups is 1. The zero-order valence-corrected chi connectivity index (χ0v) is 47.9. The van der Waals surface area contributed by atoms with Gasteiger partial charge in [-0.1, -0.05) is 261 Å². The van der Waals surface area contributed by atoms with Crippen molar-refractivity contribution < 1.29 is 32.9 Å². The molecular weight excluding hydrogens is 888 g/mol. The zero-order chi connectivity index (χ0) is 51.3. The van der Waals surface area contributed by atoms with E-state index >= 15 is 0 Å². The molecule has 3 unspecified atom stereocenters. The molecule has 412 valence electrons. The number of phosphoric ester groups is 1. The van der Waals surface area contributed by atoms with E-state index in [1.165, 1.54) is 218 Å². The topological polar surface area (TPSA) is 105 Å². The molecule has 0 saturated carbocycles. The number of carbonyl (C=O) groups excluding carboxylic acids is 1. The van der Waals surface area contributed by atoms with E-state index in [0.29, 0.717) is 17.4 Å². The molecule has 0 rings (SSSR count). The van der Waals surface area contributed by atoms with Crippen LogP contribution in [0.2, 0.25) is 0 Å². The summed E-state index contributed by atoms with van der Waals surface area (Å²) in [5, 5.41) is 13.8. The maximum absolute atomic E-state index is 12.9. The fourth-order valence-electron chi connectivity index (χ4n) is 8.90. The van der Waals surface area contributed by atoms with Gasteiger partial charge in [-0.3, -0.25) is 13.8 Å². The van der Waals surface area contributed by atoms with Crippen molar-refractivity contribution in [1.82, 2.24) is 5.32 Å². The van der Waals surface area contributed by atoms with Gasteiger partial charge in [-0.05, 0) is 64.7 Å². The zero-order valence-electron chi connectivity index (χ0n) is 47.0. The smallest absolute Gasteiger partial charge is 0.387 e. The number of amides is 1.